The maximum absolute atomic E-state index is 4.37. The molecule has 0 aliphatic rings. The van der Waals surface area contributed by atoms with Crippen LogP contribution >= 0.6 is 0 Å². The highest BCUT2D eigenvalue weighted by atomic mass is 15.1. The molecule has 0 fully saturated rings. The standard InChI is InChI=1S/C20H14N8.C2H6/c1-2-13(17-5-19(27-25-17)15-7-21-11-22-8-15)4-14(3-1)18-6-20(28-26-18)16-9-23-12-24-10-16;1-2/h1-12H,(H,25,27)(H,26,28);1-2H3. The Balaban J connectivity index is 0.00000106. The second-order valence-corrected chi connectivity index (χ2v) is 6.17. The van der Waals surface area contributed by atoms with Crippen LogP contribution in [0, 0.1) is 0 Å². The zero-order valence-electron chi connectivity index (χ0n) is 16.6. The van der Waals surface area contributed by atoms with Gasteiger partial charge in [-0.3, -0.25) is 10.2 Å². The Hall–Kier alpha value is -4.20. The van der Waals surface area contributed by atoms with Gasteiger partial charge < -0.3 is 0 Å². The summed E-state index contributed by atoms with van der Waals surface area (Å²) in [5, 5.41) is 14.9. The van der Waals surface area contributed by atoms with Crippen molar-refractivity contribution in [3.05, 3.63) is 73.8 Å². The molecule has 4 aromatic heterocycles. The van der Waals surface area contributed by atoms with Gasteiger partial charge in [-0.2, -0.15) is 10.2 Å². The predicted octanol–water partition coefficient (Wildman–Crippen LogP) is 4.41. The molecule has 5 aromatic rings. The molecule has 30 heavy (non-hydrogen) atoms. The molecule has 5 rings (SSSR count). The van der Waals surface area contributed by atoms with Crippen molar-refractivity contribution >= 4 is 0 Å². The van der Waals surface area contributed by atoms with E-state index in [-0.39, 0.29) is 0 Å². The summed E-state index contributed by atoms with van der Waals surface area (Å²) in [7, 11) is 0. The number of nitrogens with one attached hydrogen (secondary N) is 2. The average Bonchev–Trinajstić information content (AvgIpc) is 3.52. The molecule has 0 aliphatic heterocycles. The fourth-order valence-electron chi connectivity index (χ4n) is 2.95. The minimum atomic E-state index is 0.800. The van der Waals surface area contributed by atoms with Crippen molar-refractivity contribution in [1.29, 1.82) is 0 Å². The monoisotopic (exact) mass is 396 g/mol. The summed E-state index contributed by atoms with van der Waals surface area (Å²) < 4.78 is 0. The van der Waals surface area contributed by atoms with E-state index < -0.39 is 0 Å². The topological polar surface area (TPSA) is 109 Å². The van der Waals surface area contributed by atoms with Crippen LogP contribution in [0.1, 0.15) is 13.8 Å². The number of rotatable bonds is 4. The van der Waals surface area contributed by atoms with Crippen LogP contribution in [0.4, 0.5) is 0 Å². The Kier molecular flexibility index (Phi) is 5.66. The van der Waals surface area contributed by atoms with Crippen molar-refractivity contribution in [2.24, 2.45) is 0 Å². The number of hydrogen-bond donors (Lipinski definition) is 2. The molecule has 8 heteroatoms. The van der Waals surface area contributed by atoms with Gasteiger partial charge in [0.2, 0.25) is 0 Å². The number of aromatic nitrogens is 8. The molecule has 0 saturated heterocycles. The largest absolute Gasteiger partial charge is 0.277 e. The van der Waals surface area contributed by atoms with E-state index in [4.69, 9.17) is 0 Å². The fourth-order valence-corrected chi connectivity index (χ4v) is 2.95. The first-order chi connectivity index (χ1) is 14.9. The third-order valence-corrected chi connectivity index (χ3v) is 4.35. The molecular formula is C22H20N8. The Morgan fingerprint density at radius 1 is 0.567 bits per heavy atom. The van der Waals surface area contributed by atoms with Crippen molar-refractivity contribution in [3.8, 4) is 45.0 Å². The first kappa shape index (κ1) is 19.1. The van der Waals surface area contributed by atoms with Crippen molar-refractivity contribution in [3.63, 3.8) is 0 Å². The molecule has 0 aliphatic carbocycles. The molecule has 2 N–H and O–H groups in total. The number of hydrogen-bond acceptors (Lipinski definition) is 6. The Labute approximate surface area is 173 Å². The summed E-state index contributed by atoms with van der Waals surface area (Å²) in [6.45, 7) is 4.00. The van der Waals surface area contributed by atoms with Crippen LogP contribution < -0.4 is 0 Å². The van der Waals surface area contributed by atoms with Gasteiger partial charge in [0.05, 0.1) is 22.8 Å². The van der Waals surface area contributed by atoms with Crippen molar-refractivity contribution in [2.75, 3.05) is 0 Å². The number of benzene rings is 1. The van der Waals surface area contributed by atoms with Gasteiger partial charge in [0.15, 0.2) is 0 Å². The molecule has 0 unspecified atom stereocenters. The minimum Gasteiger partial charge on any atom is -0.277 e. The smallest absolute Gasteiger partial charge is 0.115 e. The number of H-pyrrole nitrogens is 2. The molecule has 4 heterocycles. The molecule has 0 atom stereocenters. The summed E-state index contributed by atoms with van der Waals surface area (Å²) in [5.41, 5.74) is 7.20. The second-order valence-electron chi connectivity index (χ2n) is 6.17. The van der Waals surface area contributed by atoms with E-state index in [1.807, 2.05) is 44.2 Å². The summed E-state index contributed by atoms with van der Waals surface area (Å²) in [6, 6.07) is 12.1. The zero-order chi connectivity index (χ0) is 20.8. The van der Waals surface area contributed by atoms with E-state index >= 15 is 0 Å². The first-order valence-electron chi connectivity index (χ1n) is 9.59. The van der Waals surface area contributed by atoms with Crippen LogP contribution in [0.25, 0.3) is 45.0 Å². The van der Waals surface area contributed by atoms with E-state index in [9.17, 15) is 0 Å². The Morgan fingerprint density at radius 3 is 1.43 bits per heavy atom. The number of aromatic amines is 2. The summed E-state index contributed by atoms with van der Waals surface area (Å²) in [5.74, 6) is 0. The summed E-state index contributed by atoms with van der Waals surface area (Å²) in [4.78, 5) is 16.2. The van der Waals surface area contributed by atoms with Crippen LogP contribution in [0.5, 0.6) is 0 Å². The summed E-state index contributed by atoms with van der Waals surface area (Å²) in [6.07, 6.45) is 9.96. The Morgan fingerprint density at radius 2 is 1.00 bits per heavy atom. The maximum atomic E-state index is 4.37. The highest BCUT2D eigenvalue weighted by molar-refractivity contribution is 5.74. The van der Waals surface area contributed by atoms with Crippen LogP contribution in [0.3, 0.4) is 0 Å². The van der Waals surface area contributed by atoms with Gasteiger partial charge in [0.1, 0.15) is 12.7 Å². The van der Waals surface area contributed by atoms with Crippen LogP contribution in [-0.2, 0) is 0 Å². The molecule has 0 amide bonds. The number of nitrogens with zero attached hydrogens (tertiary/aromatic N) is 6. The van der Waals surface area contributed by atoms with Gasteiger partial charge in [0.25, 0.3) is 0 Å². The van der Waals surface area contributed by atoms with Gasteiger partial charge in [-0.05, 0) is 18.2 Å². The van der Waals surface area contributed by atoms with E-state index in [0.717, 1.165) is 45.0 Å². The molecule has 0 radical (unpaired) electrons. The van der Waals surface area contributed by atoms with E-state index in [1.165, 1.54) is 12.7 Å². The lowest BCUT2D eigenvalue weighted by atomic mass is 10.0. The average molecular weight is 396 g/mol. The van der Waals surface area contributed by atoms with Gasteiger partial charge >= 0.3 is 0 Å². The molecule has 0 bridgehead atoms. The van der Waals surface area contributed by atoms with E-state index in [2.05, 4.69) is 46.4 Å². The molecule has 1 aromatic carbocycles. The lowest BCUT2D eigenvalue weighted by molar-refractivity contribution is 1.08. The third kappa shape index (κ3) is 3.97. The van der Waals surface area contributed by atoms with Crippen LogP contribution in [-0.4, -0.2) is 40.3 Å². The zero-order valence-corrected chi connectivity index (χ0v) is 16.6. The Bertz CT molecular complexity index is 1120. The first-order valence-corrected chi connectivity index (χ1v) is 9.59. The SMILES string of the molecule is CC.c1cc(-c2cc(-c3cncnc3)n[nH]2)cc(-c2cc(-c3cncnc3)n[nH]2)c1. The van der Waals surface area contributed by atoms with E-state index in [1.54, 1.807) is 24.8 Å². The molecule has 8 nitrogen and oxygen atoms in total. The lowest BCUT2D eigenvalue weighted by Crippen LogP contribution is -1.82. The third-order valence-electron chi connectivity index (χ3n) is 4.35. The normalized spacial score (nSPS) is 10.3. The van der Waals surface area contributed by atoms with Gasteiger partial charge in [-0.25, -0.2) is 19.9 Å². The predicted molar refractivity (Wildman–Crippen MR) is 115 cm³/mol. The minimum absolute atomic E-state index is 0.800. The van der Waals surface area contributed by atoms with Gasteiger partial charge in [-0.15, -0.1) is 0 Å². The lowest BCUT2D eigenvalue weighted by Gasteiger charge is -2.01. The van der Waals surface area contributed by atoms with Gasteiger partial charge in [-0.1, -0.05) is 32.0 Å². The molecule has 148 valence electrons. The van der Waals surface area contributed by atoms with Crippen molar-refractivity contribution in [2.45, 2.75) is 13.8 Å². The quantitative estimate of drug-likeness (QED) is 0.466. The molecular weight excluding hydrogens is 376 g/mol. The molecule has 0 spiro atoms. The van der Waals surface area contributed by atoms with E-state index in [0.29, 0.717) is 0 Å². The van der Waals surface area contributed by atoms with Crippen molar-refractivity contribution < 1.29 is 0 Å². The summed E-state index contributed by atoms with van der Waals surface area (Å²) >= 11 is 0. The molecule has 0 saturated carbocycles. The van der Waals surface area contributed by atoms with Crippen LogP contribution in [0.2, 0.25) is 0 Å². The van der Waals surface area contributed by atoms with Gasteiger partial charge in [0, 0.05) is 47.0 Å². The second kappa shape index (κ2) is 8.87. The van der Waals surface area contributed by atoms with Crippen molar-refractivity contribution in [1.82, 2.24) is 40.3 Å². The maximum Gasteiger partial charge on any atom is 0.115 e. The fraction of sp³-hybridized carbons (Fsp3) is 0.0909. The highest BCUT2D eigenvalue weighted by Gasteiger charge is 2.10. The van der Waals surface area contributed by atoms with Crippen LogP contribution in [0.15, 0.2) is 73.8 Å². The highest BCUT2D eigenvalue weighted by Crippen LogP contribution is 2.28.